The van der Waals surface area contributed by atoms with E-state index in [1.54, 1.807) is 0 Å². The van der Waals surface area contributed by atoms with Crippen molar-refractivity contribution in [2.75, 3.05) is 18.9 Å². The lowest BCUT2D eigenvalue weighted by atomic mass is 10.4. The maximum absolute atomic E-state index is 12.5. The van der Waals surface area contributed by atoms with Gasteiger partial charge in [-0.15, -0.1) is 0 Å². The van der Waals surface area contributed by atoms with Crippen molar-refractivity contribution in [2.24, 2.45) is 0 Å². The highest BCUT2D eigenvalue weighted by molar-refractivity contribution is 7.92. The summed E-state index contributed by atoms with van der Waals surface area (Å²) in [6, 6.07) is 4.23. The molecule has 0 aliphatic carbocycles. The van der Waals surface area contributed by atoms with Crippen LogP contribution in [0.25, 0.3) is 0 Å². The van der Waals surface area contributed by atoms with Crippen LogP contribution in [0, 0.1) is 0 Å². The van der Waals surface area contributed by atoms with Gasteiger partial charge in [-0.1, -0.05) is 40.9 Å². The predicted octanol–water partition coefficient (Wildman–Crippen LogP) is 3.39. The lowest BCUT2D eigenvalue weighted by Gasteiger charge is -2.13. The minimum Gasteiger partial charge on any atom is -0.478 e. The van der Waals surface area contributed by atoms with Gasteiger partial charge in [0.1, 0.15) is 10.6 Å². The fraction of sp³-hybridized carbons (Fsp3) is 0.231. The number of hydrogen-bond donors (Lipinski definition) is 1. The maximum Gasteiger partial charge on any atom is 0.264 e. The van der Waals surface area contributed by atoms with Crippen LogP contribution in [-0.2, 0) is 21.4 Å². The van der Waals surface area contributed by atoms with E-state index in [9.17, 15) is 8.42 Å². The van der Waals surface area contributed by atoms with E-state index in [0.717, 1.165) is 0 Å². The highest BCUT2D eigenvalue weighted by Crippen LogP contribution is 2.32. The molecular formula is C13H12Cl3N3O4S. The molecule has 2 rings (SSSR count). The number of nitrogens with one attached hydrogen (secondary N) is 1. The minimum atomic E-state index is -4.08. The molecule has 1 aromatic carbocycles. The first-order valence-electron chi connectivity index (χ1n) is 6.36. The topological polar surface area (TPSA) is 90.4 Å². The SMILES string of the molecule is COCc1nc(OC)c(NS(=O)(=O)c2cccc(Cl)c2Cl)nc1Cl. The van der Waals surface area contributed by atoms with Gasteiger partial charge in [0.25, 0.3) is 15.9 Å². The summed E-state index contributed by atoms with van der Waals surface area (Å²) in [7, 11) is -1.30. The van der Waals surface area contributed by atoms with Gasteiger partial charge in [0.15, 0.2) is 5.15 Å². The standard InChI is InChI=1S/C13H12Cl3N3O4S/c1-22-6-8-11(16)18-12(13(17-8)23-2)19-24(20,21)9-5-3-4-7(14)10(9)15/h3-5H,6H2,1-2H3,(H,18,19). The first-order valence-corrected chi connectivity index (χ1v) is 8.98. The Morgan fingerprint density at radius 3 is 2.50 bits per heavy atom. The Kier molecular flexibility index (Phi) is 6.11. The average Bonchev–Trinajstić information content (AvgIpc) is 2.52. The minimum absolute atomic E-state index is 0.0208. The largest absolute Gasteiger partial charge is 0.478 e. The molecule has 0 atom stereocenters. The predicted molar refractivity (Wildman–Crippen MR) is 91.6 cm³/mol. The highest BCUT2D eigenvalue weighted by atomic mass is 35.5. The van der Waals surface area contributed by atoms with Crippen molar-refractivity contribution in [2.45, 2.75) is 11.5 Å². The van der Waals surface area contributed by atoms with Gasteiger partial charge in [0.2, 0.25) is 5.82 Å². The van der Waals surface area contributed by atoms with Crippen molar-refractivity contribution in [3.05, 3.63) is 39.1 Å². The molecule has 0 bridgehead atoms. The lowest BCUT2D eigenvalue weighted by molar-refractivity contribution is 0.180. The monoisotopic (exact) mass is 411 g/mol. The maximum atomic E-state index is 12.5. The Morgan fingerprint density at radius 2 is 1.88 bits per heavy atom. The summed E-state index contributed by atoms with van der Waals surface area (Å²) in [5.74, 6) is -0.244. The third-order valence-electron chi connectivity index (χ3n) is 2.80. The zero-order valence-corrected chi connectivity index (χ0v) is 15.6. The zero-order valence-electron chi connectivity index (χ0n) is 12.5. The summed E-state index contributed by atoms with van der Waals surface area (Å²) in [6.45, 7) is 0.0926. The molecule has 0 fully saturated rings. The van der Waals surface area contributed by atoms with E-state index >= 15 is 0 Å². The first kappa shape index (κ1) is 19.0. The molecule has 24 heavy (non-hydrogen) atoms. The Morgan fingerprint density at radius 1 is 1.17 bits per heavy atom. The molecule has 0 unspecified atom stereocenters. The van der Waals surface area contributed by atoms with Crippen LogP contribution < -0.4 is 9.46 Å². The first-order chi connectivity index (χ1) is 11.3. The second-order valence-corrected chi connectivity index (χ2v) is 7.20. The molecule has 0 aliphatic heterocycles. The summed E-state index contributed by atoms with van der Waals surface area (Å²) in [5, 5.41) is -0.0284. The molecule has 0 saturated heterocycles. The number of ether oxygens (including phenoxy) is 2. The van der Waals surface area contributed by atoms with Gasteiger partial charge in [-0.3, -0.25) is 4.72 Å². The van der Waals surface area contributed by atoms with Crippen LogP contribution in [0.5, 0.6) is 5.88 Å². The molecule has 1 aromatic heterocycles. The molecule has 2 aromatic rings. The fourth-order valence-electron chi connectivity index (χ4n) is 1.74. The summed E-state index contributed by atoms with van der Waals surface area (Å²) in [6.07, 6.45) is 0. The van der Waals surface area contributed by atoms with Gasteiger partial charge < -0.3 is 9.47 Å². The molecule has 1 heterocycles. The Balaban J connectivity index is 2.46. The zero-order chi connectivity index (χ0) is 17.9. The molecule has 0 spiro atoms. The van der Waals surface area contributed by atoms with Gasteiger partial charge in [-0.05, 0) is 12.1 Å². The van der Waals surface area contributed by atoms with Gasteiger partial charge in [0.05, 0.1) is 23.8 Å². The Hall–Kier alpha value is -1.32. The van der Waals surface area contributed by atoms with Gasteiger partial charge in [0, 0.05) is 7.11 Å². The second kappa shape index (κ2) is 7.71. The summed E-state index contributed by atoms with van der Waals surface area (Å²) >= 11 is 17.8. The van der Waals surface area contributed by atoms with E-state index in [4.69, 9.17) is 44.3 Å². The molecule has 0 aliphatic rings. The molecule has 0 saturated carbocycles. The molecule has 1 N–H and O–H groups in total. The molecule has 7 nitrogen and oxygen atoms in total. The molecule has 0 radical (unpaired) electrons. The molecule has 0 amide bonds. The number of aromatic nitrogens is 2. The second-order valence-electron chi connectivity index (χ2n) is 4.41. The number of halogens is 3. The molecule has 130 valence electrons. The van der Waals surface area contributed by atoms with Crippen LogP contribution in [0.1, 0.15) is 5.69 Å². The third-order valence-corrected chi connectivity index (χ3v) is 5.41. The van der Waals surface area contributed by atoms with Gasteiger partial charge in [-0.2, -0.15) is 0 Å². The number of rotatable bonds is 6. The Labute approximate surface area is 153 Å². The van der Waals surface area contributed by atoms with E-state index in [2.05, 4.69) is 14.7 Å². The average molecular weight is 413 g/mol. The lowest BCUT2D eigenvalue weighted by Crippen LogP contribution is -2.16. The Bertz CT molecular complexity index is 862. The van der Waals surface area contributed by atoms with E-state index in [1.807, 2.05) is 0 Å². The van der Waals surface area contributed by atoms with Crippen molar-refractivity contribution < 1.29 is 17.9 Å². The summed E-state index contributed by atoms with van der Waals surface area (Å²) < 4.78 is 37.3. The van der Waals surface area contributed by atoms with Crippen LogP contribution in [0.3, 0.4) is 0 Å². The number of hydrogen-bond acceptors (Lipinski definition) is 6. The molecule has 11 heteroatoms. The fourth-order valence-corrected chi connectivity index (χ4v) is 3.69. The van der Waals surface area contributed by atoms with Crippen molar-refractivity contribution in [3.8, 4) is 5.88 Å². The van der Waals surface area contributed by atoms with Crippen LogP contribution in [-0.4, -0.2) is 32.6 Å². The number of anilines is 1. The van der Waals surface area contributed by atoms with Crippen molar-refractivity contribution in [1.82, 2.24) is 9.97 Å². The number of methoxy groups -OCH3 is 2. The van der Waals surface area contributed by atoms with Crippen molar-refractivity contribution >= 4 is 50.6 Å². The normalized spacial score (nSPS) is 11.4. The van der Waals surface area contributed by atoms with E-state index in [-0.39, 0.29) is 38.4 Å². The van der Waals surface area contributed by atoms with E-state index < -0.39 is 10.0 Å². The summed E-state index contributed by atoms with van der Waals surface area (Å²) in [5.41, 5.74) is 0.305. The van der Waals surface area contributed by atoms with Crippen LogP contribution in [0.4, 0.5) is 5.82 Å². The summed E-state index contributed by atoms with van der Waals surface area (Å²) in [4.78, 5) is 7.82. The van der Waals surface area contributed by atoms with Crippen molar-refractivity contribution in [1.29, 1.82) is 0 Å². The van der Waals surface area contributed by atoms with Crippen molar-refractivity contribution in [3.63, 3.8) is 0 Å². The third kappa shape index (κ3) is 4.01. The number of benzene rings is 1. The van der Waals surface area contributed by atoms with E-state index in [0.29, 0.717) is 5.69 Å². The molecular weight excluding hydrogens is 401 g/mol. The van der Waals surface area contributed by atoms with Crippen LogP contribution in [0.15, 0.2) is 23.1 Å². The number of sulfonamides is 1. The van der Waals surface area contributed by atoms with E-state index in [1.165, 1.54) is 32.4 Å². The van der Waals surface area contributed by atoms with Gasteiger partial charge in [-0.25, -0.2) is 18.4 Å². The number of nitrogens with zero attached hydrogens (tertiary/aromatic N) is 2. The van der Waals surface area contributed by atoms with Crippen LogP contribution in [0.2, 0.25) is 15.2 Å². The van der Waals surface area contributed by atoms with Gasteiger partial charge >= 0.3 is 0 Å². The quantitative estimate of drug-likeness (QED) is 0.782. The van der Waals surface area contributed by atoms with Crippen LogP contribution >= 0.6 is 34.8 Å². The highest BCUT2D eigenvalue weighted by Gasteiger charge is 2.23. The smallest absolute Gasteiger partial charge is 0.264 e.